The minimum absolute atomic E-state index is 0.351. The Balaban J connectivity index is 1.82. The van der Waals surface area contributed by atoms with Crippen molar-refractivity contribution < 1.29 is 9.47 Å². The second kappa shape index (κ2) is 10.6. The Hall–Kier alpha value is -3.32. The molecular weight excluding hydrogens is 390 g/mol. The van der Waals surface area contributed by atoms with Gasteiger partial charge in [0.2, 0.25) is 5.88 Å². The molecule has 0 spiro atoms. The molecule has 0 aromatic carbocycles. The topological polar surface area (TPSA) is 81.5 Å². The maximum Gasteiger partial charge on any atom is 0.232 e. The summed E-state index contributed by atoms with van der Waals surface area (Å²) in [4.78, 5) is 17.8. The third-order valence-electron chi connectivity index (χ3n) is 5.21. The van der Waals surface area contributed by atoms with Gasteiger partial charge >= 0.3 is 0 Å². The number of nitrogens with one attached hydrogen (secondary N) is 1. The molecule has 1 aliphatic rings. The number of aromatic nitrogens is 3. The molecule has 1 N–H and O–H groups in total. The fraction of sp³-hybridized carbons (Fsp3) is 0.333. The van der Waals surface area contributed by atoms with E-state index >= 15 is 0 Å². The van der Waals surface area contributed by atoms with Crippen LogP contribution in [0, 0.1) is 5.41 Å². The highest BCUT2D eigenvalue weighted by molar-refractivity contribution is 6.02. The Labute approximate surface area is 183 Å². The van der Waals surface area contributed by atoms with Crippen LogP contribution in [0.3, 0.4) is 0 Å². The van der Waals surface area contributed by atoms with E-state index in [9.17, 15) is 0 Å². The monoisotopic (exact) mass is 419 g/mol. The molecule has 1 saturated heterocycles. The minimum atomic E-state index is -0.351. The molecule has 2 aromatic rings. The lowest BCUT2D eigenvalue weighted by molar-refractivity contribution is 0.0590. The van der Waals surface area contributed by atoms with Crippen molar-refractivity contribution in [1.82, 2.24) is 15.0 Å². The van der Waals surface area contributed by atoms with Crippen molar-refractivity contribution in [2.45, 2.75) is 26.7 Å². The summed E-state index contributed by atoms with van der Waals surface area (Å²) in [6, 6.07) is 3.85. The first-order valence-corrected chi connectivity index (χ1v) is 10.4. The zero-order chi connectivity index (χ0) is 22.1. The normalized spacial score (nSPS) is 16.1. The summed E-state index contributed by atoms with van der Waals surface area (Å²) in [5.74, 6) is 1.20. The Kier molecular flexibility index (Phi) is 7.67. The Morgan fingerprint density at radius 3 is 2.74 bits per heavy atom. The molecule has 162 valence electrons. The van der Waals surface area contributed by atoms with Gasteiger partial charge in [-0.3, -0.25) is 9.98 Å². The van der Waals surface area contributed by atoms with Crippen LogP contribution in [0.4, 0.5) is 5.82 Å². The zero-order valence-corrected chi connectivity index (χ0v) is 18.2. The highest BCUT2D eigenvalue weighted by atomic mass is 16.5. The van der Waals surface area contributed by atoms with Crippen molar-refractivity contribution in [2.75, 3.05) is 25.1 Å². The van der Waals surface area contributed by atoms with E-state index in [2.05, 4.69) is 38.4 Å². The van der Waals surface area contributed by atoms with Crippen molar-refractivity contribution in [1.29, 1.82) is 0 Å². The molecule has 0 amide bonds. The standard InChI is InChI=1S/C24H29N5O2/c1-5-8-21(26-6-2)24(11-13-30-14-12-24)18(4)28-22-10-9-19(15-27-22)20-16-25-17-23(29-20)31-7-3/h5-6,8-10,15-17H,2,4,7,11-14H2,1,3H3,(H,27,28)/b8-5-,26-21?. The second-order valence-corrected chi connectivity index (χ2v) is 7.10. The quantitative estimate of drug-likeness (QED) is 0.587. The number of anilines is 1. The molecule has 0 saturated carbocycles. The molecule has 0 atom stereocenters. The molecular formula is C24H29N5O2. The van der Waals surface area contributed by atoms with Gasteiger partial charge < -0.3 is 14.8 Å². The third kappa shape index (κ3) is 5.24. The van der Waals surface area contributed by atoms with E-state index in [1.54, 1.807) is 24.8 Å². The molecule has 0 bridgehead atoms. The number of allylic oxidation sites excluding steroid dienone is 3. The van der Waals surface area contributed by atoms with Crippen molar-refractivity contribution in [3.05, 3.63) is 67.9 Å². The van der Waals surface area contributed by atoms with E-state index < -0.39 is 0 Å². The number of ether oxygens (including phenoxy) is 2. The first-order valence-electron chi connectivity index (χ1n) is 10.4. The molecule has 3 rings (SSSR count). The number of pyridine rings is 1. The summed E-state index contributed by atoms with van der Waals surface area (Å²) in [5, 5.41) is 3.39. The SMILES string of the molecule is C=CN=C(/C=C\C)C1(C(=C)Nc2ccc(-c3cncc(OCC)n3)cn2)CCOCC1. The van der Waals surface area contributed by atoms with Crippen LogP contribution < -0.4 is 10.1 Å². The van der Waals surface area contributed by atoms with E-state index in [1.807, 2.05) is 38.1 Å². The van der Waals surface area contributed by atoms with Crippen LogP contribution in [-0.4, -0.2) is 40.5 Å². The summed E-state index contributed by atoms with van der Waals surface area (Å²) in [6.07, 6.45) is 12.2. The predicted octanol–water partition coefficient (Wildman–Crippen LogP) is 4.82. The maximum absolute atomic E-state index is 5.61. The Morgan fingerprint density at radius 1 is 1.29 bits per heavy atom. The summed E-state index contributed by atoms with van der Waals surface area (Å²) in [7, 11) is 0. The van der Waals surface area contributed by atoms with Crippen LogP contribution in [0.1, 0.15) is 26.7 Å². The third-order valence-corrected chi connectivity index (χ3v) is 5.21. The number of rotatable bonds is 9. The summed E-state index contributed by atoms with van der Waals surface area (Å²) in [6.45, 7) is 13.8. The lowest BCUT2D eigenvalue weighted by atomic mass is 9.73. The van der Waals surface area contributed by atoms with Crippen LogP contribution in [0.2, 0.25) is 0 Å². The first-order chi connectivity index (χ1) is 15.1. The second-order valence-electron chi connectivity index (χ2n) is 7.10. The molecule has 2 aromatic heterocycles. The van der Waals surface area contributed by atoms with Crippen molar-refractivity contribution in [3.8, 4) is 17.1 Å². The van der Waals surface area contributed by atoms with E-state index in [0.29, 0.717) is 37.2 Å². The Bertz CT molecular complexity index is 960. The van der Waals surface area contributed by atoms with Gasteiger partial charge in [0, 0.05) is 36.9 Å². The summed E-state index contributed by atoms with van der Waals surface area (Å²) < 4.78 is 11.0. The molecule has 1 aliphatic heterocycles. The minimum Gasteiger partial charge on any atom is -0.477 e. The van der Waals surface area contributed by atoms with Gasteiger partial charge in [-0.25, -0.2) is 9.97 Å². The largest absolute Gasteiger partial charge is 0.477 e. The summed E-state index contributed by atoms with van der Waals surface area (Å²) >= 11 is 0. The van der Waals surface area contributed by atoms with E-state index in [0.717, 1.165) is 29.8 Å². The van der Waals surface area contributed by atoms with Crippen molar-refractivity contribution in [2.24, 2.45) is 10.4 Å². The molecule has 0 unspecified atom stereocenters. The fourth-order valence-corrected chi connectivity index (χ4v) is 3.61. The first kappa shape index (κ1) is 22.4. The number of hydrogen-bond acceptors (Lipinski definition) is 7. The zero-order valence-electron chi connectivity index (χ0n) is 18.2. The molecule has 0 radical (unpaired) electrons. The van der Waals surface area contributed by atoms with E-state index in [-0.39, 0.29) is 5.41 Å². The van der Waals surface area contributed by atoms with Crippen LogP contribution in [0.25, 0.3) is 11.3 Å². The van der Waals surface area contributed by atoms with Gasteiger partial charge in [-0.2, -0.15) is 0 Å². The van der Waals surface area contributed by atoms with Gasteiger partial charge in [-0.15, -0.1) is 0 Å². The van der Waals surface area contributed by atoms with Crippen LogP contribution in [-0.2, 0) is 4.74 Å². The lowest BCUT2D eigenvalue weighted by Gasteiger charge is -2.39. The van der Waals surface area contributed by atoms with Crippen molar-refractivity contribution in [3.63, 3.8) is 0 Å². The highest BCUT2D eigenvalue weighted by Gasteiger charge is 2.39. The number of hydrogen-bond donors (Lipinski definition) is 1. The average Bonchev–Trinajstić information content (AvgIpc) is 2.80. The number of nitrogens with zero attached hydrogens (tertiary/aromatic N) is 4. The smallest absolute Gasteiger partial charge is 0.232 e. The van der Waals surface area contributed by atoms with Crippen LogP contribution >= 0.6 is 0 Å². The molecule has 1 fully saturated rings. The van der Waals surface area contributed by atoms with Gasteiger partial charge in [-0.1, -0.05) is 19.2 Å². The molecule has 31 heavy (non-hydrogen) atoms. The van der Waals surface area contributed by atoms with Gasteiger partial charge in [0.1, 0.15) is 5.82 Å². The molecule has 7 heteroatoms. The summed E-state index contributed by atoms with van der Waals surface area (Å²) in [5.41, 5.74) is 2.97. The van der Waals surface area contributed by atoms with Crippen LogP contribution in [0.15, 0.2) is 72.9 Å². The van der Waals surface area contributed by atoms with Gasteiger partial charge in [0.15, 0.2) is 0 Å². The van der Waals surface area contributed by atoms with Crippen molar-refractivity contribution >= 4 is 11.5 Å². The Morgan fingerprint density at radius 2 is 2.10 bits per heavy atom. The van der Waals surface area contributed by atoms with Gasteiger partial charge in [-0.05, 0) is 44.9 Å². The van der Waals surface area contributed by atoms with Gasteiger partial charge in [0.25, 0.3) is 0 Å². The fourth-order valence-electron chi connectivity index (χ4n) is 3.61. The molecule has 0 aliphatic carbocycles. The van der Waals surface area contributed by atoms with E-state index in [4.69, 9.17) is 9.47 Å². The van der Waals surface area contributed by atoms with Gasteiger partial charge in [0.05, 0.1) is 35.8 Å². The molecule has 3 heterocycles. The maximum atomic E-state index is 5.61. The average molecular weight is 420 g/mol. The van der Waals surface area contributed by atoms with Crippen LogP contribution in [0.5, 0.6) is 5.88 Å². The predicted molar refractivity (Wildman–Crippen MR) is 124 cm³/mol. The van der Waals surface area contributed by atoms with E-state index in [1.165, 1.54) is 0 Å². The lowest BCUT2D eigenvalue weighted by Crippen LogP contribution is -2.40. The number of aliphatic imine (C=N–C) groups is 1. The molecule has 7 nitrogen and oxygen atoms in total. The highest BCUT2D eigenvalue weighted by Crippen LogP contribution is 2.40.